The van der Waals surface area contributed by atoms with E-state index in [0.717, 1.165) is 11.1 Å². The van der Waals surface area contributed by atoms with Gasteiger partial charge < -0.3 is 15.5 Å². The Hall–Kier alpha value is -2.90. The van der Waals surface area contributed by atoms with E-state index in [-0.39, 0.29) is 29.8 Å². The largest absolute Gasteiger partial charge is 0.334 e. The number of hydrogen-bond acceptors (Lipinski definition) is 4. The molecule has 0 aliphatic carbocycles. The summed E-state index contributed by atoms with van der Waals surface area (Å²) in [6, 6.07) is 4.55. The zero-order valence-electron chi connectivity index (χ0n) is 15.7. The molecule has 2 heterocycles. The van der Waals surface area contributed by atoms with Gasteiger partial charge >= 0.3 is 6.03 Å². The van der Waals surface area contributed by atoms with E-state index >= 15 is 0 Å². The smallest absolute Gasteiger partial charge is 0.315 e. The fourth-order valence-electron chi connectivity index (χ4n) is 3.28. The van der Waals surface area contributed by atoms with Gasteiger partial charge in [-0.3, -0.25) is 19.7 Å². The minimum atomic E-state index is -0.623. The van der Waals surface area contributed by atoms with Crippen molar-refractivity contribution in [3.05, 3.63) is 34.9 Å². The van der Waals surface area contributed by atoms with Gasteiger partial charge in [-0.05, 0) is 44.4 Å². The zero-order valence-corrected chi connectivity index (χ0v) is 15.7. The second-order valence-electron chi connectivity index (χ2n) is 7.95. The van der Waals surface area contributed by atoms with Crippen LogP contribution in [-0.4, -0.2) is 40.2 Å². The monoisotopic (exact) mass is 372 g/mol. The third kappa shape index (κ3) is 4.27. The van der Waals surface area contributed by atoms with E-state index in [1.165, 1.54) is 4.90 Å². The van der Waals surface area contributed by atoms with Crippen molar-refractivity contribution in [1.82, 2.24) is 20.9 Å². The van der Waals surface area contributed by atoms with E-state index in [1.807, 2.05) is 32.9 Å². The summed E-state index contributed by atoms with van der Waals surface area (Å²) < 4.78 is 0. The first-order valence-electron chi connectivity index (χ1n) is 8.96. The molecule has 0 radical (unpaired) electrons. The van der Waals surface area contributed by atoms with E-state index in [2.05, 4.69) is 16.0 Å². The van der Waals surface area contributed by atoms with E-state index in [4.69, 9.17) is 0 Å². The minimum absolute atomic E-state index is 0.222. The Kier molecular flexibility index (Phi) is 4.91. The van der Waals surface area contributed by atoms with Crippen LogP contribution in [0.1, 0.15) is 55.1 Å². The molecule has 8 nitrogen and oxygen atoms in total. The molecule has 1 unspecified atom stereocenters. The molecule has 5 amide bonds. The van der Waals surface area contributed by atoms with Gasteiger partial charge in [0.1, 0.15) is 6.04 Å². The van der Waals surface area contributed by atoms with Crippen LogP contribution in [0.5, 0.6) is 0 Å². The Morgan fingerprint density at radius 3 is 2.67 bits per heavy atom. The first kappa shape index (κ1) is 18.9. The van der Waals surface area contributed by atoms with E-state index in [1.54, 1.807) is 6.07 Å². The number of hydrogen-bond donors (Lipinski definition) is 3. The van der Waals surface area contributed by atoms with Gasteiger partial charge in [0.15, 0.2) is 0 Å². The van der Waals surface area contributed by atoms with Crippen LogP contribution in [0.25, 0.3) is 0 Å². The maximum atomic E-state index is 12.8. The maximum absolute atomic E-state index is 12.8. The Morgan fingerprint density at radius 2 is 2.00 bits per heavy atom. The lowest BCUT2D eigenvalue weighted by molar-refractivity contribution is -0.136. The number of rotatable bonds is 3. The van der Waals surface area contributed by atoms with Crippen molar-refractivity contribution in [2.45, 2.75) is 58.3 Å². The number of fused-ring (bicyclic) bond motifs is 1. The van der Waals surface area contributed by atoms with Gasteiger partial charge in [-0.25, -0.2) is 4.79 Å². The summed E-state index contributed by atoms with van der Waals surface area (Å²) in [5.41, 5.74) is 1.85. The molecule has 144 valence electrons. The molecular formula is C19H24N4O4. The fourth-order valence-corrected chi connectivity index (χ4v) is 3.28. The van der Waals surface area contributed by atoms with Gasteiger partial charge in [0.25, 0.3) is 5.91 Å². The molecule has 0 bridgehead atoms. The van der Waals surface area contributed by atoms with Crippen LogP contribution in [0.4, 0.5) is 4.79 Å². The molecule has 27 heavy (non-hydrogen) atoms. The minimum Gasteiger partial charge on any atom is -0.334 e. The average molecular weight is 372 g/mol. The summed E-state index contributed by atoms with van der Waals surface area (Å²) in [5, 5.41) is 7.87. The number of benzene rings is 1. The van der Waals surface area contributed by atoms with Gasteiger partial charge in [-0.2, -0.15) is 0 Å². The molecular weight excluding hydrogens is 348 g/mol. The molecule has 1 aromatic rings. The van der Waals surface area contributed by atoms with Crippen LogP contribution in [0, 0.1) is 0 Å². The van der Waals surface area contributed by atoms with Gasteiger partial charge in [0, 0.05) is 30.6 Å². The van der Waals surface area contributed by atoms with Crippen LogP contribution in [0.3, 0.4) is 0 Å². The predicted molar refractivity (Wildman–Crippen MR) is 97.6 cm³/mol. The summed E-state index contributed by atoms with van der Waals surface area (Å²) in [6.07, 6.45) is 0.570. The van der Waals surface area contributed by atoms with Crippen LogP contribution in [-0.2, 0) is 22.7 Å². The van der Waals surface area contributed by atoms with E-state index in [0.29, 0.717) is 25.1 Å². The number of imide groups is 1. The molecule has 1 aromatic carbocycles. The van der Waals surface area contributed by atoms with Gasteiger partial charge in [-0.1, -0.05) is 12.1 Å². The third-order valence-electron chi connectivity index (χ3n) is 4.53. The highest BCUT2D eigenvalue weighted by Gasteiger charge is 2.39. The van der Waals surface area contributed by atoms with Crippen molar-refractivity contribution in [1.29, 1.82) is 0 Å². The lowest BCUT2D eigenvalue weighted by Gasteiger charge is -2.29. The number of nitrogens with zero attached hydrogens (tertiary/aromatic N) is 1. The van der Waals surface area contributed by atoms with E-state index in [9.17, 15) is 19.2 Å². The summed E-state index contributed by atoms with van der Waals surface area (Å²) in [6.45, 7) is 6.32. The van der Waals surface area contributed by atoms with Crippen molar-refractivity contribution < 1.29 is 19.2 Å². The molecule has 0 spiro atoms. The molecule has 0 saturated carbocycles. The number of nitrogens with one attached hydrogen (secondary N) is 3. The highest BCUT2D eigenvalue weighted by atomic mass is 16.2. The van der Waals surface area contributed by atoms with Gasteiger partial charge in [0.05, 0.1) is 0 Å². The number of carbonyl (C=O) groups is 4. The first-order valence-corrected chi connectivity index (χ1v) is 8.96. The average Bonchev–Trinajstić information content (AvgIpc) is 2.88. The Morgan fingerprint density at radius 1 is 1.26 bits per heavy atom. The van der Waals surface area contributed by atoms with Crippen LogP contribution in [0.15, 0.2) is 18.2 Å². The Bertz CT molecular complexity index is 812. The van der Waals surface area contributed by atoms with Crippen LogP contribution in [0.2, 0.25) is 0 Å². The SMILES string of the molecule is CC(C)(C)NC(=O)NCc1ccc2c(c1)C(=O)N(C1CCC(=O)NC1=O)C2. The standard InChI is InChI=1S/C19H24N4O4/c1-19(2,3)22-18(27)20-9-11-4-5-12-10-23(17(26)13(12)8-11)14-6-7-15(24)21-16(14)25/h4-5,8,14H,6-7,9-10H2,1-3H3,(H2,20,22,27)(H,21,24,25). The molecule has 3 N–H and O–H groups in total. The first-order chi connectivity index (χ1) is 12.6. The fraction of sp³-hybridized carbons (Fsp3) is 0.474. The molecule has 3 rings (SSSR count). The van der Waals surface area contributed by atoms with E-state index < -0.39 is 11.9 Å². The second kappa shape index (κ2) is 7.02. The molecule has 1 saturated heterocycles. The number of urea groups is 1. The quantitative estimate of drug-likeness (QED) is 0.689. The molecule has 1 atom stereocenters. The second-order valence-corrected chi connectivity index (χ2v) is 7.95. The normalized spacial score (nSPS) is 19.6. The predicted octanol–water partition coefficient (Wildman–Crippen LogP) is 1.05. The lowest BCUT2D eigenvalue weighted by atomic mass is 10.0. The van der Waals surface area contributed by atoms with Crippen molar-refractivity contribution >= 4 is 23.8 Å². The summed E-state index contributed by atoms with van der Waals surface area (Å²) in [7, 11) is 0. The van der Waals surface area contributed by atoms with Crippen LogP contribution >= 0.6 is 0 Å². The molecule has 0 aromatic heterocycles. The topological polar surface area (TPSA) is 108 Å². The molecule has 2 aliphatic heterocycles. The van der Waals surface area contributed by atoms with Gasteiger partial charge in [-0.15, -0.1) is 0 Å². The number of amides is 5. The molecule has 8 heteroatoms. The summed E-state index contributed by atoms with van der Waals surface area (Å²) in [5.74, 6) is -0.948. The Labute approximate surface area is 157 Å². The van der Waals surface area contributed by atoms with Crippen molar-refractivity contribution in [3.8, 4) is 0 Å². The van der Waals surface area contributed by atoms with Crippen molar-refractivity contribution in [3.63, 3.8) is 0 Å². The Balaban J connectivity index is 1.67. The van der Waals surface area contributed by atoms with Gasteiger partial charge in [0.2, 0.25) is 11.8 Å². The highest BCUT2D eigenvalue weighted by Crippen LogP contribution is 2.28. The number of piperidine rings is 1. The third-order valence-corrected chi connectivity index (χ3v) is 4.53. The molecule has 2 aliphatic rings. The van der Waals surface area contributed by atoms with Crippen LogP contribution < -0.4 is 16.0 Å². The summed E-state index contributed by atoms with van der Waals surface area (Å²) >= 11 is 0. The lowest BCUT2D eigenvalue weighted by Crippen LogP contribution is -2.52. The van der Waals surface area contributed by atoms with Crippen molar-refractivity contribution in [2.24, 2.45) is 0 Å². The highest BCUT2D eigenvalue weighted by molar-refractivity contribution is 6.05. The maximum Gasteiger partial charge on any atom is 0.315 e. The zero-order chi connectivity index (χ0) is 19.8. The number of carbonyl (C=O) groups excluding carboxylic acids is 4. The molecule has 1 fully saturated rings. The van der Waals surface area contributed by atoms with Crippen molar-refractivity contribution in [2.75, 3.05) is 0 Å². The summed E-state index contributed by atoms with van der Waals surface area (Å²) in [4.78, 5) is 49.5.